The first-order valence-electron chi connectivity index (χ1n) is 7.45. The number of nitrogens with one attached hydrogen (secondary N) is 1. The van der Waals surface area contributed by atoms with Crippen molar-refractivity contribution in [1.29, 1.82) is 0 Å². The molecule has 23 heavy (non-hydrogen) atoms. The fraction of sp³-hybridized carbons (Fsp3) is 0.0500. The molecule has 3 aromatic rings. The van der Waals surface area contributed by atoms with E-state index in [1.54, 1.807) is 0 Å². The van der Waals surface area contributed by atoms with Crippen molar-refractivity contribution in [3.8, 4) is 0 Å². The molecule has 0 saturated heterocycles. The van der Waals surface area contributed by atoms with Crippen LogP contribution in [0.25, 0.3) is 10.8 Å². The second-order valence-corrected chi connectivity index (χ2v) is 5.47. The minimum absolute atomic E-state index is 0. The number of benzene rings is 3. The van der Waals surface area contributed by atoms with Gasteiger partial charge < -0.3 is 17.7 Å². The molecular weight excluding hydrogens is 304 g/mol. The molecule has 1 aliphatic heterocycles. The summed E-state index contributed by atoms with van der Waals surface area (Å²) in [6, 6.07) is 23.2. The molecule has 0 aromatic heterocycles. The van der Waals surface area contributed by atoms with Gasteiger partial charge in [0.05, 0.1) is 10.9 Å². The Bertz CT molecular complexity index is 906. The molecule has 2 nitrogen and oxygen atoms in total. The van der Waals surface area contributed by atoms with Crippen molar-refractivity contribution in [3.63, 3.8) is 0 Å². The number of hydrogen-bond acceptors (Lipinski definition) is 1. The fourth-order valence-electron chi connectivity index (χ4n) is 3.08. The zero-order valence-corrected chi connectivity index (χ0v) is 13.6. The zero-order valence-electron chi connectivity index (χ0n) is 12.8. The van der Waals surface area contributed by atoms with Crippen LogP contribution in [0.4, 0.5) is 11.4 Å². The molecule has 0 atom stereocenters. The quantitative estimate of drug-likeness (QED) is 0.724. The smallest absolute Gasteiger partial charge is 0.215 e. The fourth-order valence-corrected chi connectivity index (χ4v) is 3.08. The maximum Gasteiger partial charge on any atom is 0.215 e. The van der Waals surface area contributed by atoms with Gasteiger partial charge in [0.2, 0.25) is 11.4 Å². The Morgan fingerprint density at radius 1 is 0.870 bits per heavy atom. The Morgan fingerprint density at radius 3 is 2.39 bits per heavy atom. The molecule has 1 heterocycles. The van der Waals surface area contributed by atoms with Crippen molar-refractivity contribution in [2.24, 2.45) is 0 Å². The van der Waals surface area contributed by atoms with Crippen molar-refractivity contribution in [2.75, 3.05) is 12.4 Å². The molecule has 1 N–H and O–H groups in total. The lowest BCUT2D eigenvalue weighted by Crippen LogP contribution is -3.00. The second-order valence-electron chi connectivity index (χ2n) is 5.47. The zero-order chi connectivity index (χ0) is 14.9. The molecule has 0 radical (unpaired) electrons. The van der Waals surface area contributed by atoms with Crippen LogP contribution in [0.2, 0.25) is 0 Å². The van der Waals surface area contributed by atoms with Crippen LogP contribution in [0.1, 0.15) is 5.56 Å². The van der Waals surface area contributed by atoms with Gasteiger partial charge in [-0.3, -0.25) is 0 Å². The Kier molecular flexibility index (Phi) is 4.18. The average Bonchev–Trinajstić information content (AvgIpc) is 2.84. The van der Waals surface area contributed by atoms with Crippen LogP contribution >= 0.6 is 0 Å². The summed E-state index contributed by atoms with van der Waals surface area (Å²) in [6.07, 6.45) is 4.15. The molecule has 0 spiro atoms. The Hall–Kier alpha value is -2.58. The summed E-state index contributed by atoms with van der Waals surface area (Å²) in [5, 5.41) is 5.96. The average molecular weight is 321 g/mol. The summed E-state index contributed by atoms with van der Waals surface area (Å²) in [6.45, 7) is 0. The third-order valence-corrected chi connectivity index (χ3v) is 4.15. The largest absolute Gasteiger partial charge is 1.00 e. The number of nitrogens with zero attached hydrogens (tertiary/aromatic N) is 1. The van der Waals surface area contributed by atoms with Gasteiger partial charge in [-0.15, -0.1) is 0 Å². The normalized spacial score (nSPS) is 12.7. The first-order valence-corrected chi connectivity index (χ1v) is 7.45. The summed E-state index contributed by atoms with van der Waals surface area (Å²) in [7, 11) is 2.12. The van der Waals surface area contributed by atoms with E-state index in [9.17, 15) is 0 Å². The Labute approximate surface area is 142 Å². The van der Waals surface area contributed by atoms with Gasteiger partial charge in [0.1, 0.15) is 7.05 Å². The van der Waals surface area contributed by atoms with E-state index in [0.29, 0.717) is 0 Å². The number of hydrogen-bond donors (Lipinski definition) is 1. The third kappa shape index (κ3) is 2.62. The van der Waals surface area contributed by atoms with Crippen LogP contribution in [-0.2, 0) is 0 Å². The minimum Gasteiger partial charge on any atom is -1.00 e. The van der Waals surface area contributed by atoms with E-state index in [0.717, 1.165) is 5.69 Å². The molecule has 1 aliphatic rings. The number of allylic oxidation sites excluding steroid dienone is 1. The lowest BCUT2D eigenvalue weighted by atomic mass is 10.0. The van der Waals surface area contributed by atoms with Crippen molar-refractivity contribution in [3.05, 3.63) is 84.6 Å². The van der Waals surface area contributed by atoms with Crippen molar-refractivity contribution < 1.29 is 17.0 Å². The number of halogens is 1. The lowest BCUT2D eigenvalue weighted by molar-refractivity contribution is -0.399. The monoisotopic (exact) mass is 320 g/mol. The predicted molar refractivity (Wildman–Crippen MR) is 93.1 cm³/mol. The summed E-state index contributed by atoms with van der Waals surface area (Å²) < 4.78 is 2.25. The van der Waals surface area contributed by atoms with Gasteiger partial charge in [0.25, 0.3) is 0 Å². The van der Waals surface area contributed by atoms with E-state index in [1.165, 1.54) is 27.7 Å². The summed E-state index contributed by atoms with van der Waals surface area (Å²) in [5.74, 6) is 0. The maximum absolute atomic E-state index is 3.32. The third-order valence-electron chi connectivity index (χ3n) is 4.15. The van der Waals surface area contributed by atoms with Crippen LogP contribution in [0.15, 0.2) is 79.0 Å². The molecular formula is C20H17ClN2. The van der Waals surface area contributed by atoms with Crippen LogP contribution in [0.3, 0.4) is 0 Å². The highest BCUT2D eigenvalue weighted by molar-refractivity contribution is 6.19. The van der Waals surface area contributed by atoms with Crippen LogP contribution in [-0.4, -0.2) is 17.3 Å². The first-order chi connectivity index (χ1) is 10.8. The van der Waals surface area contributed by atoms with E-state index in [2.05, 4.69) is 71.5 Å². The molecule has 4 rings (SSSR count). The molecule has 0 bridgehead atoms. The molecule has 114 valence electrons. The van der Waals surface area contributed by atoms with E-state index >= 15 is 0 Å². The van der Waals surface area contributed by atoms with Crippen molar-refractivity contribution in [1.82, 2.24) is 0 Å². The first kappa shape index (κ1) is 15.3. The lowest BCUT2D eigenvalue weighted by Gasteiger charge is -1.99. The van der Waals surface area contributed by atoms with Gasteiger partial charge in [-0.2, -0.15) is 4.58 Å². The van der Waals surface area contributed by atoms with E-state index in [1.807, 2.05) is 24.4 Å². The van der Waals surface area contributed by atoms with Gasteiger partial charge in [-0.1, -0.05) is 42.5 Å². The number of para-hydroxylation sites is 1. The van der Waals surface area contributed by atoms with Gasteiger partial charge in [-0.25, -0.2) is 0 Å². The highest BCUT2D eigenvalue weighted by Crippen LogP contribution is 2.34. The molecule has 0 fully saturated rings. The van der Waals surface area contributed by atoms with Gasteiger partial charge in [-0.05, 0) is 23.6 Å². The molecule has 0 saturated carbocycles. The molecule has 3 aromatic carbocycles. The summed E-state index contributed by atoms with van der Waals surface area (Å²) in [4.78, 5) is 0. The van der Waals surface area contributed by atoms with Crippen molar-refractivity contribution in [2.45, 2.75) is 0 Å². The standard InChI is InChI=1S/C20H16N2.ClH/c1-22-18(13-14-21-16-9-3-2-4-10-16)17-11-5-7-15-8-6-12-19(22)20(15)17;/h2-14H,1H3;1H. The van der Waals surface area contributed by atoms with Crippen LogP contribution in [0.5, 0.6) is 0 Å². The summed E-state index contributed by atoms with van der Waals surface area (Å²) in [5.41, 5.74) is 4.88. The minimum atomic E-state index is 0. The van der Waals surface area contributed by atoms with Crippen molar-refractivity contribution >= 4 is 27.9 Å². The SMILES string of the molecule is C[N+]1=C(C=CNc2ccccc2)c2cccc3cccc1c23.[Cl-]. The number of rotatable bonds is 3. The Morgan fingerprint density at radius 2 is 1.61 bits per heavy atom. The van der Waals surface area contributed by atoms with Gasteiger partial charge >= 0.3 is 0 Å². The highest BCUT2D eigenvalue weighted by atomic mass is 35.5. The van der Waals surface area contributed by atoms with E-state index < -0.39 is 0 Å². The molecule has 0 unspecified atom stereocenters. The van der Waals surface area contributed by atoms with Crippen LogP contribution < -0.4 is 17.7 Å². The van der Waals surface area contributed by atoms with Crippen LogP contribution in [0, 0.1) is 0 Å². The van der Waals surface area contributed by atoms with E-state index in [-0.39, 0.29) is 12.4 Å². The maximum atomic E-state index is 3.32. The summed E-state index contributed by atoms with van der Waals surface area (Å²) >= 11 is 0. The Balaban J connectivity index is 0.00000156. The predicted octanol–water partition coefficient (Wildman–Crippen LogP) is 1.55. The van der Waals surface area contributed by atoms with Gasteiger partial charge in [0.15, 0.2) is 0 Å². The number of anilines is 1. The molecule has 0 amide bonds. The van der Waals surface area contributed by atoms with E-state index in [4.69, 9.17) is 0 Å². The highest BCUT2D eigenvalue weighted by Gasteiger charge is 2.27. The topological polar surface area (TPSA) is 15.0 Å². The second kappa shape index (κ2) is 6.27. The van der Waals surface area contributed by atoms with Gasteiger partial charge in [0, 0.05) is 24.0 Å². The molecule has 0 aliphatic carbocycles. The molecule has 3 heteroatoms.